The van der Waals surface area contributed by atoms with E-state index in [4.69, 9.17) is 5.73 Å². The van der Waals surface area contributed by atoms with Crippen LogP contribution in [0, 0.1) is 11.8 Å². The molecule has 1 aromatic rings. The second-order valence-corrected chi connectivity index (χ2v) is 5.61. The van der Waals surface area contributed by atoms with Crippen molar-refractivity contribution in [3.63, 3.8) is 0 Å². The maximum Gasteiger partial charge on any atom is 0.261 e. The van der Waals surface area contributed by atoms with Gasteiger partial charge < -0.3 is 16.0 Å². The normalized spacial score (nSPS) is 11.8. The maximum absolute atomic E-state index is 12.1. The zero-order valence-corrected chi connectivity index (χ0v) is 13.2. The summed E-state index contributed by atoms with van der Waals surface area (Å²) >= 11 is 1.40. The molecule has 5 heteroatoms. The van der Waals surface area contributed by atoms with E-state index in [9.17, 15) is 4.79 Å². The first-order valence-electron chi connectivity index (χ1n) is 6.92. The molecule has 0 aliphatic carbocycles. The fraction of sp³-hybridized carbons (Fsp3) is 0.533. The van der Waals surface area contributed by atoms with E-state index in [1.165, 1.54) is 11.3 Å². The third kappa shape index (κ3) is 5.33. The lowest BCUT2D eigenvalue weighted by Gasteiger charge is -2.23. The third-order valence-electron chi connectivity index (χ3n) is 2.95. The molecule has 0 radical (unpaired) electrons. The summed E-state index contributed by atoms with van der Waals surface area (Å²) in [6.45, 7) is 9.46. The Hall–Kier alpha value is -1.35. The molecule has 1 rings (SSSR count). The fourth-order valence-corrected chi connectivity index (χ4v) is 2.66. The van der Waals surface area contributed by atoms with Gasteiger partial charge >= 0.3 is 0 Å². The van der Waals surface area contributed by atoms with Gasteiger partial charge in [-0.3, -0.25) is 4.79 Å². The average Bonchev–Trinajstić information content (AvgIpc) is 2.91. The molecule has 1 heterocycles. The molecule has 1 unspecified atom stereocenters. The summed E-state index contributed by atoms with van der Waals surface area (Å²) in [6.07, 6.45) is 0. The van der Waals surface area contributed by atoms with Gasteiger partial charge in [-0.25, -0.2) is 0 Å². The minimum atomic E-state index is -0.0320. The van der Waals surface area contributed by atoms with Crippen molar-refractivity contribution in [2.75, 3.05) is 26.2 Å². The zero-order chi connectivity index (χ0) is 15.0. The van der Waals surface area contributed by atoms with Crippen LogP contribution in [0.3, 0.4) is 0 Å². The Balaban J connectivity index is 2.55. The van der Waals surface area contributed by atoms with Crippen LogP contribution >= 0.6 is 11.3 Å². The minimum absolute atomic E-state index is 0.0320. The molecular formula is C15H23N3OS. The number of hydrogen-bond donors (Lipinski definition) is 2. The number of nitrogens with zero attached hydrogens (tertiary/aromatic N) is 1. The van der Waals surface area contributed by atoms with Gasteiger partial charge in [0.25, 0.3) is 5.91 Å². The molecule has 110 valence electrons. The summed E-state index contributed by atoms with van der Waals surface area (Å²) in [5, 5.41) is 3.02. The van der Waals surface area contributed by atoms with Crippen molar-refractivity contribution in [2.45, 2.75) is 26.8 Å². The average molecular weight is 293 g/mol. The van der Waals surface area contributed by atoms with Crippen LogP contribution in [0.5, 0.6) is 0 Å². The standard InChI is InChI=1S/C15H23N3OS/c1-4-18(5-2)11-12(3)17-15(19)14-9-8-13(20-14)7-6-10-16/h8-9,12H,4-5,10-11,16H2,1-3H3,(H,17,19). The van der Waals surface area contributed by atoms with Crippen LogP contribution in [-0.2, 0) is 0 Å². The van der Waals surface area contributed by atoms with E-state index in [2.05, 4.69) is 35.9 Å². The Bertz CT molecular complexity index is 483. The van der Waals surface area contributed by atoms with Crippen LogP contribution in [0.4, 0.5) is 0 Å². The van der Waals surface area contributed by atoms with Crippen molar-refractivity contribution in [2.24, 2.45) is 5.73 Å². The van der Waals surface area contributed by atoms with Crippen LogP contribution in [0.15, 0.2) is 12.1 Å². The first-order valence-corrected chi connectivity index (χ1v) is 7.74. The predicted octanol–water partition coefficient (Wildman–Crippen LogP) is 1.52. The van der Waals surface area contributed by atoms with E-state index in [-0.39, 0.29) is 11.9 Å². The highest BCUT2D eigenvalue weighted by atomic mass is 32.1. The van der Waals surface area contributed by atoms with Gasteiger partial charge in [0.05, 0.1) is 16.3 Å². The second-order valence-electron chi connectivity index (χ2n) is 4.53. The second kappa shape index (κ2) is 8.75. The molecule has 0 aliphatic heterocycles. The molecule has 1 aromatic heterocycles. The molecule has 0 saturated carbocycles. The van der Waals surface area contributed by atoms with Crippen LogP contribution in [-0.4, -0.2) is 43.0 Å². The molecule has 0 fully saturated rings. The quantitative estimate of drug-likeness (QED) is 0.782. The van der Waals surface area contributed by atoms with Gasteiger partial charge in [-0.2, -0.15) is 0 Å². The van der Waals surface area contributed by atoms with Crippen LogP contribution < -0.4 is 11.1 Å². The number of carbonyl (C=O) groups is 1. The molecular weight excluding hydrogens is 270 g/mol. The predicted molar refractivity (Wildman–Crippen MR) is 85.0 cm³/mol. The topological polar surface area (TPSA) is 58.4 Å². The van der Waals surface area contributed by atoms with E-state index in [1.54, 1.807) is 0 Å². The summed E-state index contributed by atoms with van der Waals surface area (Å²) in [5.74, 6) is 5.70. The number of nitrogens with two attached hydrogens (primary N) is 1. The monoisotopic (exact) mass is 293 g/mol. The number of amides is 1. The van der Waals surface area contributed by atoms with Crippen molar-refractivity contribution < 1.29 is 4.79 Å². The maximum atomic E-state index is 12.1. The van der Waals surface area contributed by atoms with Crippen molar-refractivity contribution in [1.29, 1.82) is 0 Å². The molecule has 0 saturated heterocycles. The molecule has 1 amide bonds. The lowest BCUT2D eigenvalue weighted by molar-refractivity contribution is 0.0934. The molecule has 0 aliphatic rings. The van der Waals surface area contributed by atoms with E-state index < -0.39 is 0 Å². The van der Waals surface area contributed by atoms with Crippen molar-refractivity contribution in [1.82, 2.24) is 10.2 Å². The molecule has 0 bridgehead atoms. The Morgan fingerprint density at radius 1 is 1.45 bits per heavy atom. The highest BCUT2D eigenvalue weighted by Crippen LogP contribution is 2.15. The number of carbonyl (C=O) groups excluding carboxylic acids is 1. The summed E-state index contributed by atoms with van der Waals surface area (Å²) in [6, 6.07) is 3.80. The highest BCUT2D eigenvalue weighted by Gasteiger charge is 2.13. The van der Waals surface area contributed by atoms with Gasteiger partial charge in [-0.15, -0.1) is 11.3 Å². The van der Waals surface area contributed by atoms with Gasteiger partial charge in [-0.05, 0) is 32.1 Å². The summed E-state index contributed by atoms with van der Waals surface area (Å²) in [5.41, 5.74) is 5.33. The first-order chi connectivity index (χ1) is 9.60. The molecule has 4 nitrogen and oxygen atoms in total. The number of hydrogen-bond acceptors (Lipinski definition) is 4. The largest absolute Gasteiger partial charge is 0.348 e. The van der Waals surface area contributed by atoms with Crippen molar-refractivity contribution in [3.05, 3.63) is 21.9 Å². The van der Waals surface area contributed by atoms with Crippen LogP contribution in [0.1, 0.15) is 35.3 Å². The summed E-state index contributed by atoms with van der Waals surface area (Å²) < 4.78 is 0. The lowest BCUT2D eigenvalue weighted by atomic mass is 10.3. The van der Waals surface area contributed by atoms with E-state index in [0.717, 1.165) is 24.5 Å². The minimum Gasteiger partial charge on any atom is -0.348 e. The van der Waals surface area contributed by atoms with Crippen LogP contribution in [0.2, 0.25) is 0 Å². The summed E-state index contributed by atoms with van der Waals surface area (Å²) in [7, 11) is 0. The van der Waals surface area contributed by atoms with Gasteiger partial charge in [0.1, 0.15) is 0 Å². The Kier molecular flexibility index (Phi) is 7.31. The molecule has 0 spiro atoms. The lowest BCUT2D eigenvalue weighted by Crippen LogP contribution is -2.41. The van der Waals surface area contributed by atoms with E-state index >= 15 is 0 Å². The van der Waals surface area contributed by atoms with E-state index in [0.29, 0.717) is 11.4 Å². The molecule has 1 atom stereocenters. The molecule has 3 N–H and O–H groups in total. The number of likely N-dealkylation sites (N-methyl/N-ethyl adjacent to an activating group) is 1. The smallest absolute Gasteiger partial charge is 0.261 e. The number of thiophene rings is 1. The zero-order valence-electron chi connectivity index (χ0n) is 12.4. The molecule has 0 aromatic carbocycles. The van der Waals surface area contributed by atoms with Crippen molar-refractivity contribution in [3.8, 4) is 11.8 Å². The number of rotatable bonds is 6. The van der Waals surface area contributed by atoms with Gasteiger partial charge in [0.15, 0.2) is 0 Å². The number of nitrogens with one attached hydrogen (secondary N) is 1. The SMILES string of the molecule is CCN(CC)CC(C)NC(=O)c1ccc(C#CCN)s1. The van der Waals surface area contributed by atoms with E-state index in [1.807, 2.05) is 19.1 Å². The Morgan fingerprint density at radius 2 is 2.15 bits per heavy atom. The fourth-order valence-electron chi connectivity index (χ4n) is 1.87. The molecule has 20 heavy (non-hydrogen) atoms. The first kappa shape index (κ1) is 16.7. The van der Waals surface area contributed by atoms with Gasteiger partial charge in [0, 0.05) is 12.6 Å². The Morgan fingerprint density at radius 3 is 2.75 bits per heavy atom. The summed E-state index contributed by atoms with van der Waals surface area (Å²) in [4.78, 5) is 16.0. The van der Waals surface area contributed by atoms with Crippen molar-refractivity contribution >= 4 is 17.2 Å². The van der Waals surface area contributed by atoms with Crippen LogP contribution in [0.25, 0.3) is 0 Å². The highest BCUT2D eigenvalue weighted by molar-refractivity contribution is 7.14. The van der Waals surface area contributed by atoms with Gasteiger partial charge in [0.2, 0.25) is 0 Å². The third-order valence-corrected chi connectivity index (χ3v) is 3.95. The Labute approximate surface area is 125 Å². The van der Waals surface area contributed by atoms with Gasteiger partial charge in [-0.1, -0.05) is 25.7 Å².